The number of aryl methyl sites for hydroxylation is 1. The third kappa shape index (κ3) is 3.16. The number of amides is 1. The molecule has 1 aliphatic rings. The van der Waals surface area contributed by atoms with E-state index in [-0.39, 0.29) is 22.3 Å². The Balaban J connectivity index is 1.75. The van der Waals surface area contributed by atoms with Gasteiger partial charge in [0.25, 0.3) is 5.91 Å². The van der Waals surface area contributed by atoms with Crippen molar-refractivity contribution in [3.8, 4) is 5.75 Å². The molecule has 0 radical (unpaired) electrons. The van der Waals surface area contributed by atoms with Crippen LogP contribution < -0.4 is 15.1 Å². The SMILES string of the molecule is CCCc1nnc(N2C(=O)c3oc4ccc(F)cc4c(=O)c3C2c2ccc(OC)cc2)s1. The fraction of sp³-hybridized carbons (Fsp3) is 0.217. The van der Waals surface area contributed by atoms with E-state index < -0.39 is 23.2 Å². The van der Waals surface area contributed by atoms with E-state index in [1.165, 1.54) is 28.4 Å². The van der Waals surface area contributed by atoms with E-state index >= 15 is 0 Å². The van der Waals surface area contributed by atoms with E-state index in [1.807, 2.05) is 6.92 Å². The van der Waals surface area contributed by atoms with Crippen molar-refractivity contribution in [1.82, 2.24) is 10.2 Å². The van der Waals surface area contributed by atoms with Crippen molar-refractivity contribution >= 4 is 33.3 Å². The van der Waals surface area contributed by atoms with Gasteiger partial charge in [0.15, 0.2) is 5.43 Å². The van der Waals surface area contributed by atoms with Crippen LogP contribution in [0.15, 0.2) is 51.7 Å². The van der Waals surface area contributed by atoms with Gasteiger partial charge in [0.05, 0.1) is 24.1 Å². The molecule has 2 aromatic heterocycles. The number of anilines is 1. The van der Waals surface area contributed by atoms with Crippen LogP contribution in [0.2, 0.25) is 0 Å². The van der Waals surface area contributed by atoms with Gasteiger partial charge in [0.2, 0.25) is 10.9 Å². The number of aromatic nitrogens is 2. The zero-order chi connectivity index (χ0) is 22.4. The van der Waals surface area contributed by atoms with Crippen LogP contribution in [0.5, 0.6) is 5.75 Å². The molecule has 0 saturated carbocycles. The van der Waals surface area contributed by atoms with Gasteiger partial charge >= 0.3 is 0 Å². The Morgan fingerprint density at radius 3 is 2.66 bits per heavy atom. The highest BCUT2D eigenvalue weighted by molar-refractivity contribution is 7.15. The summed E-state index contributed by atoms with van der Waals surface area (Å²) in [6, 6.07) is 9.96. The number of halogens is 1. The smallest absolute Gasteiger partial charge is 0.297 e. The van der Waals surface area contributed by atoms with Gasteiger partial charge in [-0.25, -0.2) is 4.39 Å². The highest BCUT2D eigenvalue weighted by Gasteiger charge is 2.45. The van der Waals surface area contributed by atoms with Crippen molar-refractivity contribution in [3.63, 3.8) is 0 Å². The number of carbonyl (C=O) groups excluding carboxylic acids is 1. The van der Waals surface area contributed by atoms with Gasteiger partial charge in [0, 0.05) is 6.42 Å². The third-order valence-corrected chi connectivity index (χ3v) is 6.37. The summed E-state index contributed by atoms with van der Waals surface area (Å²) in [5.41, 5.74) is 0.539. The summed E-state index contributed by atoms with van der Waals surface area (Å²) in [7, 11) is 1.56. The first-order valence-electron chi connectivity index (χ1n) is 10.1. The molecule has 1 unspecified atom stereocenters. The first-order valence-corrected chi connectivity index (χ1v) is 10.9. The maximum atomic E-state index is 13.9. The summed E-state index contributed by atoms with van der Waals surface area (Å²) in [5.74, 6) is -0.468. The first-order chi connectivity index (χ1) is 15.5. The van der Waals surface area contributed by atoms with E-state index in [9.17, 15) is 14.0 Å². The molecule has 2 aromatic carbocycles. The maximum Gasteiger partial charge on any atom is 0.297 e. The van der Waals surface area contributed by atoms with Gasteiger partial charge in [-0.05, 0) is 42.3 Å². The van der Waals surface area contributed by atoms with Crippen molar-refractivity contribution < 1.29 is 18.3 Å². The van der Waals surface area contributed by atoms with Gasteiger partial charge in [-0.3, -0.25) is 14.5 Å². The Hall–Kier alpha value is -3.59. The molecule has 0 aliphatic carbocycles. The largest absolute Gasteiger partial charge is 0.497 e. The van der Waals surface area contributed by atoms with E-state index in [1.54, 1.807) is 31.4 Å². The standard InChI is InChI=1S/C23H18FN3O4S/c1-3-4-17-25-26-23(32-17)27-19(12-5-8-14(30-2)9-6-12)18-20(28)15-11-13(24)7-10-16(15)31-21(18)22(27)29/h5-11,19H,3-4H2,1-2H3. The average molecular weight is 451 g/mol. The summed E-state index contributed by atoms with van der Waals surface area (Å²) in [6.07, 6.45) is 1.63. The molecule has 1 atom stereocenters. The number of rotatable bonds is 5. The highest BCUT2D eigenvalue weighted by atomic mass is 32.1. The highest BCUT2D eigenvalue weighted by Crippen LogP contribution is 2.42. The van der Waals surface area contributed by atoms with Crippen LogP contribution in [0.25, 0.3) is 11.0 Å². The number of hydrogen-bond donors (Lipinski definition) is 0. The molecular weight excluding hydrogens is 433 g/mol. The predicted octanol–water partition coefficient (Wildman–Crippen LogP) is 4.49. The van der Waals surface area contributed by atoms with Crippen molar-refractivity contribution in [2.75, 3.05) is 12.0 Å². The van der Waals surface area contributed by atoms with E-state index in [0.29, 0.717) is 16.4 Å². The van der Waals surface area contributed by atoms with Crippen molar-refractivity contribution in [3.05, 3.63) is 80.4 Å². The van der Waals surface area contributed by atoms with Gasteiger partial charge in [-0.15, -0.1) is 10.2 Å². The normalized spacial score (nSPS) is 15.4. The van der Waals surface area contributed by atoms with Gasteiger partial charge in [-0.2, -0.15) is 0 Å². The van der Waals surface area contributed by atoms with Crippen molar-refractivity contribution in [1.29, 1.82) is 0 Å². The Morgan fingerprint density at radius 2 is 1.94 bits per heavy atom. The second-order valence-corrected chi connectivity index (χ2v) is 8.43. The number of benzene rings is 2. The molecule has 7 nitrogen and oxygen atoms in total. The number of ether oxygens (including phenoxy) is 1. The van der Waals surface area contributed by atoms with E-state index in [4.69, 9.17) is 9.15 Å². The maximum absolute atomic E-state index is 13.9. The Kier molecular flexibility index (Phi) is 4.97. The monoisotopic (exact) mass is 451 g/mol. The zero-order valence-corrected chi connectivity index (χ0v) is 18.1. The van der Waals surface area contributed by atoms with Crippen LogP contribution in [-0.2, 0) is 6.42 Å². The minimum Gasteiger partial charge on any atom is -0.497 e. The van der Waals surface area contributed by atoms with Gasteiger partial charge in [0.1, 0.15) is 22.2 Å². The van der Waals surface area contributed by atoms with Crippen molar-refractivity contribution in [2.45, 2.75) is 25.8 Å². The lowest BCUT2D eigenvalue weighted by Gasteiger charge is -2.22. The molecule has 9 heteroatoms. The molecule has 3 heterocycles. The number of carbonyl (C=O) groups is 1. The lowest BCUT2D eigenvalue weighted by Crippen LogP contribution is -2.29. The molecule has 162 valence electrons. The molecule has 4 aromatic rings. The predicted molar refractivity (Wildman–Crippen MR) is 118 cm³/mol. The Bertz CT molecular complexity index is 1400. The minimum atomic E-state index is -0.783. The summed E-state index contributed by atoms with van der Waals surface area (Å²) < 4.78 is 24.9. The molecule has 0 saturated heterocycles. The average Bonchev–Trinajstić information content (AvgIpc) is 3.37. The zero-order valence-electron chi connectivity index (χ0n) is 17.3. The summed E-state index contributed by atoms with van der Waals surface area (Å²) in [4.78, 5) is 28.3. The second-order valence-electron chi connectivity index (χ2n) is 7.39. The number of nitrogens with zero attached hydrogens (tertiary/aromatic N) is 3. The van der Waals surface area contributed by atoms with Crippen LogP contribution in [0.1, 0.15) is 46.1 Å². The van der Waals surface area contributed by atoms with Crippen LogP contribution in [0.3, 0.4) is 0 Å². The first kappa shape index (κ1) is 20.3. The quantitative estimate of drug-likeness (QED) is 0.444. The Morgan fingerprint density at radius 1 is 1.16 bits per heavy atom. The molecule has 0 N–H and O–H groups in total. The molecular formula is C23H18FN3O4S. The molecule has 5 rings (SSSR count). The molecule has 1 aliphatic heterocycles. The fourth-order valence-corrected chi connectivity index (χ4v) is 4.87. The summed E-state index contributed by atoms with van der Waals surface area (Å²) >= 11 is 1.30. The van der Waals surface area contributed by atoms with E-state index in [2.05, 4.69) is 10.2 Å². The molecule has 32 heavy (non-hydrogen) atoms. The van der Waals surface area contributed by atoms with Crippen LogP contribution in [-0.4, -0.2) is 23.2 Å². The molecule has 0 spiro atoms. The second kappa shape index (κ2) is 7.83. The molecule has 1 amide bonds. The molecule has 0 bridgehead atoms. The minimum absolute atomic E-state index is 0.0674. The summed E-state index contributed by atoms with van der Waals surface area (Å²) in [5, 5.41) is 9.66. The number of methoxy groups -OCH3 is 1. The van der Waals surface area contributed by atoms with Crippen LogP contribution in [0.4, 0.5) is 9.52 Å². The topological polar surface area (TPSA) is 85.5 Å². The third-order valence-electron chi connectivity index (χ3n) is 5.39. The Labute approximate surface area is 186 Å². The molecule has 0 fully saturated rings. The lowest BCUT2D eigenvalue weighted by molar-refractivity contribution is 0.0970. The number of hydrogen-bond acceptors (Lipinski definition) is 7. The van der Waals surface area contributed by atoms with Crippen LogP contribution in [0, 0.1) is 5.82 Å². The van der Waals surface area contributed by atoms with Crippen molar-refractivity contribution in [2.24, 2.45) is 0 Å². The summed E-state index contributed by atoms with van der Waals surface area (Å²) in [6.45, 7) is 2.03. The van der Waals surface area contributed by atoms with Gasteiger partial charge in [-0.1, -0.05) is 30.4 Å². The van der Waals surface area contributed by atoms with Gasteiger partial charge < -0.3 is 9.15 Å². The lowest BCUT2D eigenvalue weighted by atomic mass is 9.98. The fourth-order valence-electron chi connectivity index (χ4n) is 3.90. The van der Waals surface area contributed by atoms with E-state index in [0.717, 1.165) is 23.9 Å². The number of fused-ring (bicyclic) bond motifs is 2. The van der Waals surface area contributed by atoms with Crippen LogP contribution >= 0.6 is 11.3 Å².